The molecule has 0 spiro atoms. The van der Waals surface area contributed by atoms with Crippen molar-refractivity contribution in [1.29, 1.82) is 0 Å². The summed E-state index contributed by atoms with van der Waals surface area (Å²) in [6.07, 6.45) is 5.16. The number of allylic oxidation sites excluding steroid dienone is 3. The molecule has 33 heavy (non-hydrogen) atoms. The maximum Gasteiger partial charge on any atom is 0.266 e. The van der Waals surface area contributed by atoms with Gasteiger partial charge in [-0.25, -0.2) is 0 Å². The van der Waals surface area contributed by atoms with Crippen LogP contribution in [0.5, 0.6) is 0 Å². The molecule has 0 aliphatic heterocycles. The van der Waals surface area contributed by atoms with Gasteiger partial charge >= 0.3 is 0 Å². The van der Waals surface area contributed by atoms with Crippen LogP contribution in [-0.2, 0) is 17.8 Å². The lowest BCUT2D eigenvalue weighted by Gasteiger charge is -2.08. The molecule has 0 atom stereocenters. The average Bonchev–Trinajstić information content (AvgIpc) is 3.42. The van der Waals surface area contributed by atoms with Crippen molar-refractivity contribution in [2.24, 2.45) is 5.73 Å². The minimum absolute atomic E-state index is 0.294. The first-order chi connectivity index (χ1) is 15.9. The molecule has 0 unspecified atom stereocenters. The molecule has 0 aliphatic carbocycles. The third-order valence-electron chi connectivity index (χ3n) is 4.63. The molecule has 2 amide bonds. The number of rotatable bonds is 10. The van der Waals surface area contributed by atoms with E-state index < -0.39 is 5.91 Å². The molecular weight excluding hydrogens is 476 g/mol. The van der Waals surface area contributed by atoms with E-state index in [4.69, 9.17) is 22.1 Å². The second-order valence-corrected chi connectivity index (χ2v) is 9.82. The Hall–Kier alpha value is -2.87. The van der Waals surface area contributed by atoms with Gasteiger partial charge < -0.3 is 15.8 Å². The molecule has 0 radical (unpaired) electrons. The second kappa shape index (κ2) is 11.8. The zero-order chi connectivity index (χ0) is 23.8. The van der Waals surface area contributed by atoms with Crippen molar-refractivity contribution in [3.05, 3.63) is 97.2 Å². The second-order valence-electron chi connectivity index (χ2n) is 7.10. The van der Waals surface area contributed by atoms with E-state index in [-0.39, 0.29) is 5.91 Å². The zero-order valence-corrected chi connectivity index (χ0v) is 20.8. The van der Waals surface area contributed by atoms with E-state index >= 15 is 0 Å². The number of carbonyl (C=O) groups excluding carboxylic acids is 2. The van der Waals surface area contributed by atoms with Gasteiger partial charge in [0.1, 0.15) is 17.4 Å². The fourth-order valence-electron chi connectivity index (χ4n) is 3.06. The van der Waals surface area contributed by atoms with Crippen LogP contribution in [0.1, 0.15) is 55.6 Å². The van der Waals surface area contributed by atoms with Gasteiger partial charge in [0.15, 0.2) is 0 Å². The van der Waals surface area contributed by atoms with Crippen molar-refractivity contribution in [3.63, 3.8) is 0 Å². The summed E-state index contributed by atoms with van der Waals surface area (Å²) in [4.78, 5) is 27.1. The van der Waals surface area contributed by atoms with Crippen LogP contribution in [0.4, 0.5) is 5.00 Å². The highest BCUT2D eigenvalue weighted by molar-refractivity contribution is 7.17. The molecule has 0 fully saturated rings. The minimum Gasteiger partial charge on any atom is -0.487 e. The van der Waals surface area contributed by atoms with Gasteiger partial charge in [0.25, 0.3) is 11.8 Å². The van der Waals surface area contributed by atoms with Crippen molar-refractivity contribution in [3.8, 4) is 0 Å². The highest BCUT2D eigenvalue weighted by Gasteiger charge is 2.18. The van der Waals surface area contributed by atoms with E-state index in [0.717, 1.165) is 21.7 Å². The number of benzene rings is 1. The van der Waals surface area contributed by atoms with Gasteiger partial charge in [0.2, 0.25) is 0 Å². The fourth-order valence-corrected chi connectivity index (χ4v) is 5.29. The number of nitrogens with one attached hydrogen (secondary N) is 1. The van der Waals surface area contributed by atoms with Gasteiger partial charge in [0, 0.05) is 16.2 Å². The minimum atomic E-state index is -0.572. The Balaban J connectivity index is 1.68. The average molecular weight is 501 g/mol. The molecule has 3 aromatic rings. The normalized spacial score (nSPS) is 12.0. The van der Waals surface area contributed by atoms with E-state index in [0.29, 0.717) is 39.3 Å². The van der Waals surface area contributed by atoms with Gasteiger partial charge in [0.05, 0.1) is 15.5 Å². The summed E-state index contributed by atoms with van der Waals surface area (Å²) >= 11 is 8.90. The van der Waals surface area contributed by atoms with E-state index in [1.165, 1.54) is 22.7 Å². The number of ether oxygens (including phenoxy) is 1. The van der Waals surface area contributed by atoms with Crippen LogP contribution in [-0.4, -0.2) is 11.8 Å². The lowest BCUT2D eigenvalue weighted by molar-refractivity contribution is 0.100. The van der Waals surface area contributed by atoms with Crippen molar-refractivity contribution in [2.75, 3.05) is 5.32 Å². The van der Waals surface area contributed by atoms with Crippen molar-refractivity contribution >= 4 is 51.1 Å². The maximum absolute atomic E-state index is 12.8. The van der Waals surface area contributed by atoms with Crippen LogP contribution >= 0.6 is 34.3 Å². The standard InChI is InChI=1S/C25H25ClN2O3S2/c1-3-8-20(26)21(4-2)31-15-17-11-12-22(32-17)24(30)28-25-19(23(27)29)14-18(33-25)13-16-9-6-5-7-10-16/h4-12,14H,3,13,15H2,1-2H3,(H2,27,29)(H,28,30)/b20-8+,21-4+. The summed E-state index contributed by atoms with van der Waals surface area (Å²) in [6, 6.07) is 15.2. The summed E-state index contributed by atoms with van der Waals surface area (Å²) in [5.74, 6) is -0.261. The molecule has 0 aliphatic rings. The Morgan fingerprint density at radius 3 is 2.55 bits per heavy atom. The highest BCUT2D eigenvalue weighted by atomic mass is 35.5. The van der Waals surface area contributed by atoms with Gasteiger partial charge in [-0.3, -0.25) is 9.59 Å². The summed E-state index contributed by atoms with van der Waals surface area (Å²) in [7, 11) is 0. The lowest BCUT2D eigenvalue weighted by atomic mass is 10.1. The Labute approximate surface area is 206 Å². The number of hydrogen-bond donors (Lipinski definition) is 2. The number of thiophene rings is 2. The Bertz CT molecular complexity index is 1180. The SMILES string of the molecule is C/C=C(OCc1ccc(C(=O)Nc2sc(Cc3ccccc3)cc2C(N)=O)s1)\C(Cl)=C/CC. The van der Waals surface area contributed by atoms with Crippen LogP contribution in [0.2, 0.25) is 0 Å². The predicted molar refractivity (Wildman–Crippen MR) is 137 cm³/mol. The fraction of sp³-hybridized carbons (Fsp3) is 0.200. The smallest absolute Gasteiger partial charge is 0.266 e. The first-order valence-electron chi connectivity index (χ1n) is 10.4. The van der Waals surface area contributed by atoms with E-state index in [9.17, 15) is 9.59 Å². The maximum atomic E-state index is 12.8. The monoisotopic (exact) mass is 500 g/mol. The van der Waals surface area contributed by atoms with Crippen LogP contribution in [0.25, 0.3) is 0 Å². The first kappa shape index (κ1) is 24.8. The molecule has 172 valence electrons. The van der Waals surface area contributed by atoms with Crippen LogP contribution in [0.3, 0.4) is 0 Å². The van der Waals surface area contributed by atoms with Crippen molar-refractivity contribution in [2.45, 2.75) is 33.3 Å². The Kier molecular flexibility index (Phi) is 8.88. The number of anilines is 1. The highest BCUT2D eigenvalue weighted by Crippen LogP contribution is 2.31. The van der Waals surface area contributed by atoms with E-state index in [1.807, 2.05) is 62.4 Å². The van der Waals surface area contributed by atoms with Gasteiger partial charge in [-0.1, -0.05) is 54.9 Å². The zero-order valence-electron chi connectivity index (χ0n) is 18.4. The lowest BCUT2D eigenvalue weighted by Crippen LogP contribution is -2.15. The molecule has 0 saturated heterocycles. The number of amides is 2. The quantitative estimate of drug-likeness (QED) is 0.240. The molecule has 0 bridgehead atoms. The summed E-state index contributed by atoms with van der Waals surface area (Å²) in [5.41, 5.74) is 6.98. The van der Waals surface area contributed by atoms with Gasteiger partial charge in [-0.15, -0.1) is 22.7 Å². The van der Waals surface area contributed by atoms with Crippen molar-refractivity contribution < 1.29 is 14.3 Å². The molecule has 3 N–H and O–H groups in total. The van der Waals surface area contributed by atoms with Crippen LogP contribution in [0.15, 0.2) is 71.5 Å². The molecule has 3 rings (SSSR count). The molecule has 0 saturated carbocycles. The topological polar surface area (TPSA) is 81.4 Å². The molecule has 8 heteroatoms. The molecule has 1 aromatic carbocycles. The number of nitrogens with two attached hydrogens (primary N) is 1. The number of hydrogen-bond acceptors (Lipinski definition) is 5. The Morgan fingerprint density at radius 2 is 1.88 bits per heavy atom. The molecule has 5 nitrogen and oxygen atoms in total. The Morgan fingerprint density at radius 1 is 1.12 bits per heavy atom. The number of halogens is 1. The van der Waals surface area contributed by atoms with Crippen molar-refractivity contribution in [1.82, 2.24) is 0 Å². The summed E-state index contributed by atoms with van der Waals surface area (Å²) < 4.78 is 5.79. The van der Waals surface area contributed by atoms with Crippen LogP contribution in [0, 0.1) is 0 Å². The third-order valence-corrected chi connectivity index (χ3v) is 7.08. The van der Waals surface area contributed by atoms with Gasteiger partial charge in [-0.2, -0.15) is 0 Å². The number of primary amides is 1. The largest absolute Gasteiger partial charge is 0.487 e. The summed E-state index contributed by atoms with van der Waals surface area (Å²) in [6.45, 7) is 4.16. The molecule has 2 heterocycles. The molecular formula is C25H25ClN2O3S2. The summed E-state index contributed by atoms with van der Waals surface area (Å²) in [5, 5.41) is 3.87. The third kappa shape index (κ3) is 6.81. The van der Waals surface area contributed by atoms with E-state index in [1.54, 1.807) is 12.1 Å². The van der Waals surface area contributed by atoms with E-state index in [2.05, 4.69) is 5.32 Å². The number of carbonyl (C=O) groups is 2. The molecule has 2 aromatic heterocycles. The predicted octanol–water partition coefficient (Wildman–Crippen LogP) is 6.70. The van der Waals surface area contributed by atoms with Crippen LogP contribution < -0.4 is 11.1 Å². The van der Waals surface area contributed by atoms with Gasteiger partial charge in [-0.05, 0) is 43.2 Å². The first-order valence-corrected chi connectivity index (χ1v) is 12.4.